The number of ether oxygens (including phenoxy) is 1. The molecule has 0 saturated carbocycles. The zero-order valence-electron chi connectivity index (χ0n) is 13.4. The highest BCUT2D eigenvalue weighted by atomic mass is 16.6. The lowest BCUT2D eigenvalue weighted by molar-refractivity contribution is -0.383. The molecule has 2 aromatic carbocycles. The van der Waals surface area contributed by atoms with Gasteiger partial charge in [0.25, 0.3) is 5.69 Å². The molecule has 0 amide bonds. The van der Waals surface area contributed by atoms with Crippen molar-refractivity contribution >= 4 is 34.7 Å². The highest BCUT2D eigenvalue weighted by Gasteiger charge is 2.11. The Morgan fingerprint density at radius 2 is 1.84 bits per heavy atom. The van der Waals surface area contributed by atoms with Crippen molar-refractivity contribution in [2.75, 3.05) is 7.11 Å². The van der Waals surface area contributed by atoms with E-state index in [-0.39, 0.29) is 11.7 Å². The Morgan fingerprint density at radius 1 is 1.08 bits per heavy atom. The second kappa shape index (κ2) is 6.92. The molecule has 0 saturated heterocycles. The maximum atomic E-state index is 11.4. The van der Waals surface area contributed by atoms with Crippen LogP contribution in [0.3, 0.4) is 0 Å². The first kappa shape index (κ1) is 16.3. The monoisotopic (exact) mass is 334 g/mol. The average Bonchev–Trinajstić information content (AvgIpc) is 2.65. The first-order chi connectivity index (χ1) is 12.1. The van der Waals surface area contributed by atoms with Crippen molar-refractivity contribution in [2.45, 2.75) is 0 Å². The Balaban J connectivity index is 1.86. The molecular weight excluding hydrogens is 320 g/mol. The first-order valence-electron chi connectivity index (χ1n) is 7.49. The number of rotatable bonds is 4. The molecule has 0 unspecified atom stereocenters. The minimum atomic E-state index is -0.414. The Morgan fingerprint density at radius 3 is 2.52 bits per heavy atom. The SMILES string of the molecule is COC(=O)c1ccc(C=Cc2ccc3c([N+](=O)[O-])cccc3n2)cc1. The molecule has 1 aromatic heterocycles. The lowest BCUT2D eigenvalue weighted by atomic mass is 10.1. The molecule has 0 bridgehead atoms. The lowest BCUT2D eigenvalue weighted by Crippen LogP contribution is -2.00. The summed E-state index contributed by atoms with van der Waals surface area (Å²) in [6, 6.07) is 15.2. The first-order valence-corrected chi connectivity index (χ1v) is 7.49. The summed E-state index contributed by atoms with van der Waals surface area (Å²) in [6.07, 6.45) is 3.66. The number of hydrogen-bond acceptors (Lipinski definition) is 5. The van der Waals surface area contributed by atoms with Crippen molar-refractivity contribution in [3.05, 3.63) is 81.5 Å². The minimum Gasteiger partial charge on any atom is -0.465 e. The van der Waals surface area contributed by atoms with Gasteiger partial charge in [-0.25, -0.2) is 9.78 Å². The number of carbonyl (C=O) groups excluding carboxylic acids is 1. The third-order valence-electron chi connectivity index (χ3n) is 3.71. The van der Waals surface area contributed by atoms with Gasteiger partial charge in [0.2, 0.25) is 0 Å². The van der Waals surface area contributed by atoms with E-state index in [0.29, 0.717) is 22.2 Å². The number of nitro groups is 1. The molecule has 25 heavy (non-hydrogen) atoms. The van der Waals surface area contributed by atoms with E-state index in [9.17, 15) is 14.9 Å². The Hall–Kier alpha value is -3.54. The van der Waals surface area contributed by atoms with Gasteiger partial charge in [-0.1, -0.05) is 24.3 Å². The van der Waals surface area contributed by atoms with Crippen molar-refractivity contribution < 1.29 is 14.5 Å². The van der Waals surface area contributed by atoms with E-state index < -0.39 is 4.92 Å². The van der Waals surface area contributed by atoms with Crippen LogP contribution in [0, 0.1) is 10.1 Å². The molecule has 3 rings (SSSR count). The Labute approximate surface area is 143 Å². The maximum Gasteiger partial charge on any atom is 0.337 e. The minimum absolute atomic E-state index is 0.0407. The van der Waals surface area contributed by atoms with Crippen LogP contribution in [0.15, 0.2) is 54.6 Å². The summed E-state index contributed by atoms with van der Waals surface area (Å²) in [5.74, 6) is -0.381. The summed E-state index contributed by atoms with van der Waals surface area (Å²) in [7, 11) is 1.34. The number of non-ortho nitro benzene ring substituents is 1. The molecule has 1 heterocycles. The number of esters is 1. The molecule has 0 aliphatic heterocycles. The molecule has 0 fully saturated rings. The van der Waals surface area contributed by atoms with Gasteiger partial charge in [0.15, 0.2) is 0 Å². The van der Waals surface area contributed by atoms with Gasteiger partial charge in [0.05, 0.1) is 34.2 Å². The van der Waals surface area contributed by atoms with Crippen molar-refractivity contribution in [3.63, 3.8) is 0 Å². The molecule has 6 heteroatoms. The number of pyridine rings is 1. The summed E-state index contributed by atoms with van der Waals surface area (Å²) < 4.78 is 4.66. The number of nitro benzene ring substituents is 1. The second-order valence-corrected chi connectivity index (χ2v) is 5.28. The van der Waals surface area contributed by atoms with Crippen LogP contribution < -0.4 is 0 Å². The predicted octanol–water partition coefficient (Wildman–Crippen LogP) is 4.10. The highest BCUT2D eigenvalue weighted by molar-refractivity contribution is 5.90. The molecule has 0 aliphatic rings. The lowest BCUT2D eigenvalue weighted by Gasteiger charge is -2.01. The quantitative estimate of drug-likeness (QED) is 0.407. The third-order valence-corrected chi connectivity index (χ3v) is 3.71. The second-order valence-electron chi connectivity index (χ2n) is 5.28. The van der Waals surface area contributed by atoms with Crippen molar-refractivity contribution in [1.29, 1.82) is 0 Å². The van der Waals surface area contributed by atoms with Crippen LogP contribution in [0.5, 0.6) is 0 Å². The summed E-state index contributed by atoms with van der Waals surface area (Å²) in [4.78, 5) is 26.5. The van der Waals surface area contributed by atoms with E-state index >= 15 is 0 Å². The number of methoxy groups -OCH3 is 1. The van der Waals surface area contributed by atoms with E-state index in [1.807, 2.05) is 12.2 Å². The van der Waals surface area contributed by atoms with Crippen LogP contribution in [-0.4, -0.2) is 23.0 Å². The topological polar surface area (TPSA) is 82.3 Å². The molecule has 0 N–H and O–H groups in total. The normalized spacial score (nSPS) is 10.9. The van der Waals surface area contributed by atoms with Gasteiger partial charge in [-0.3, -0.25) is 10.1 Å². The number of aromatic nitrogens is 1. The van der Waals surface area contributed by atoms with Gasteiger partial charge in [-0.2, -0.15) is 0 Å². The van der Waals surface area contributed by atoms with E-state index in [2.05, 4.69) is 9.72 Å². The number of carbonyl (C=O) groups is 1. The van der Waals surface area contributed by atoms with Crippen molar-refractivity contribution in [3.8, 4) is 0 Å². The van der Waals surface area contributed by atoms with Crippen LogP contribution in [0.2, 0.25) is 0 Å². The van der Waals surface area contributed by atoms with E-state index in [0.717, 1.165) is 5.56 Å². The summed E-state index contributed by atoms with van der Waals surface area (Å²) in [5, 5.41) is 11.5. The number of nitrogens with zero attached hydrogens (tertiary/aromatic N) is 2. The van der Waals surface area contributed by atoms with Crippen LogP contribution in [0.4, 0.5) is 5.69 Å². The fourth-order valence-corrected chi connectivity index (χ4v) is 2.44. The van der Waals surface area contributed by atoms with Crippen LogP contribution >= 0.6 is 0 Å². The zero-order valence-corrected chi connectivity index (χ0v) is 13.4. The molecule has 124 valence electrons. The van der Waals surface area contributed by atoms with Gasteiger partial charge in [0, 0.05) is 6.07 Å². The Kier molecular flexibility index (Phi) is 4.52. The van der Waals surface area contributed by atoms with Gasteiger partial charge >= 0.3 is 5.97 Å². The number of benzene rings is 2. The zero-order chi connectivity index (χ0) is 17.8. The van der Waals surface area contributed by atoms with Crippen molar-refractivity contribution in [2.24, 2.45) is 0 Å². The number of fused-ring (bicyclic) bond motifs is 1. The molecule has 0 aliphatic carbocycles. The van der Waals surface area contributed by atoms with E-state index in [1.165, 1.54) is 13.2 Å². The molecular formula is C19H14N2O4. The molecule has 6 nitrogen and oxygen atoms in total. The molecule has 0 spiro atoms. The van der Waals surface area contributed by atoms with Crippen molar-refractivity contribution in [1.82, 2.24) is 4.98 Å². The van der Waals surface area contributed by atoms with E-state index in [4.69, 9.17) is 0 Å². The average molecular weight is 334 g/mol. The largest absolute Gasteiger partial charge is 0.465 e. The predicted molar refractivity (Wildman–Crippen MR) is 95.1 cm³/mol. The van der Waals surface area contributed by atoms with Crippen LogP contribution in [0.25, 0.3) is 23.1 Å². The highest BCUT2D eigenvalue weighted by Crippen LogP contribution is 2.24. The van der Waals surface area contributed by atoms with Gasteiger partial charge in [0.1, 0.15) is 0 Å². The number of hydrogen-bond donors (Lipinski definition) is 0. The fraction of sp³-hybridized carbons (Fsp3) is 0.0526. The van der Waals surface area contributed by atoms with E-state index in [1.54, 1.807) is 48.5 Å². The van der Waals surface area contributed by atoms with Gasteiger partial charge < -0.3 is 4.74 Å². The van der Waals surface area contributed by atoms with Gasteiger partial charge in [-0.05, 0) is 42.0 Å². The summed E-state index contributed by atoms with van der Waals surface area (Å²) >= 11 is 0. The fourth-order valence-electron chi connectivity index (χ4n) is 2.44. The third kappa shape index (κ3) is 3.53. The standard InChI is InChI=1S/C19H14N2O4/c1-25-19(22)14-8-5-13(6-9-14)7-10-15-11-12-16-17(20-15)3-2-4-18(16)21(23)24/h2-12H,1H3. The van der Waals surface area contributed by atoms with Crippen LogP contribution in [0.1, 0.15) is 21.6 Å². The van der Waals surface area contributed by atoms with Crippen LogP contribution in [-0.2, 0) is 4.74 Å². The Bertz CT molecular complexity index is 978. The molecule has 0 radical (unpaired) electrons. The maximum absolute atomic E-state index is 11.4. The summed E-state index contributed by atoms with van der Waals surface area (Å²) in [6.45, 7) is 0. The molecule has 0 atom stereocenters. The van der Waals surface area contributed by atoms with Gasteiger partial charge in [-0.15, -0.1) is 0 Å². The molecule has 3 aromatic rings. The smallest absolute Gasteiger partial charge is 0.337 e. The summed E-state index contributed by atoms with van der Waals surface area (Å²) in [5.41, 5.74) is 2.67.